The van der Waals surface area contributed by atoms with E-state index in [0.717, 1.165) is 30.4 Å². The van der Waals surface area contributed by atoms with E-state index in [-0.39, 0.29) is 11.8 Å². The van der Waals surface area contributed by atoms with Crippen LogP contribution < -0.4 is 15.4 Å². The van der Waals surface area contributed by atoms with Crippen LogP contribution in [0.15, 0.2) is 48.5 Å². The number of rotatable bonds is 6. The van der Waals surface area contributed by atoms with E-state index in [4.69, 9.17) is 4.74 Å². The Morgan fingerprint density at radius 1 is 1.06 bits per heavy atom. The molecule has 6 heteroatoms. The summed E-state index contributed by atoms with van der Waals surface area (Å²) in [6, 6.07) is 14.8. The molecule has 0 bridgehead atoms. The highest BCUT2D eigenvalue weighted by Gasteiger charge is 2.29. The number of carbonyl (C=O) groups excluding carboxylic acids is 2. The fraction of sp³-hybridized carbons (Fsp3) is 0.308. The molecule has 2 amide bonds. The number of hydrogen-bond acceptors (Lipinski definition) is 4. The number of fused-ring (bicyclic) bond motifs is 1. The predicted molar refractivity (Wildman–Crippen MR) is 130 cm³/mol. The molecule has 3 aromatic rings. The lowest BCUT2D eigenvalue weighted by Crippen LogP contribution is -2.19. The van der Waals surface area contributed by atoms with E-state index in [1.54, 1.807) is 12.1 Å². The second kappa shape index (κ2) is 9.57. The Morgan fingerprint density at radius 2 is 1.81 bits per heavy atom. The highest BCUT2D eigenvalue weighted by molar-refractivity contribution is 7.17. The molecule has 0 saturated carbocycles. The topological polar surface area (TPSA) is 67.4 Å². The molecule has 0 radical (unpaired) electrons. The first-order valence-corrected chi connectivity index (χ1v) is 11.8. The van der Waals surface area contributed by atoms with E-state index in [1.165, 1.54) is 16.2 Å². The fourth-order valence-corrected chi connectivity index (χ4v) is 5.40. The van der Waals surface area contributed by atoms with Gasteiger partial charge in [-0.1, -0.05) is 36.8 Å². The van der Waals surface area contributed by atoms with E-state index in [9.17, 15) is 9.59 Å². The van der Waals surface area contributed by atoms with Crippen molar-refractivity contribution in [3.05, 3.63) is 75.7 Å². The van der Waals surface area contributed by atoms with Crippen molar-refractivity contribution in [1.29, 1.82) is 0 Å². The highest BCUT2D eigenvalue weighted by Crippen LogP contribution is 2.40. The van der Waals surface area contributed by atoms with E-state index >= 15 is 0 Å². The fourth-order valence-electron chi connectivity index (χ4n) is 4.00. The molecule has 2 aromatic carbocycles. The largest absolute Gasteiger partial charge is 0.492 e. The summed E-state index contributed by atoms with van der Waals surface area (Å²) in [7, 11) is 0. The molecule has 1 aliphatic carbocycles. The van der Waals surface area contributed by atoms with Gasteiger partial charge in [-0.25, -0.2) is 0 Å². The maximum atomic E-state index is 13.5. The van der Waals surface area contributed by atoms with Gasteiger partial charge in [-0.2, -0.15) is 0 Å². The minimum Gasteiger partial charge on any atom is -0.492 e. The standard InChI is InChI=1S/C26H28N2O3S/c1-4-31-21-8-6-5-7-20(21)27-25(30)23-19-14-11-17(3)15-22(19)32-26(23)28-24(29)18-12-9-16(2)10-13-18/h5-10,12-13,17H,4,11,14-15H2,1-3H3,(H,27,30)(H,28,29)/t17-/m0/s1. The van der Waals surface area contributed by atoms with Crippen LogP contribution in [-0.2, 0) is 12.8 Å². The summed E-state index contributed by atoms with van der Waals surface area (Å²) in [5.74, 6) is 0.770. The Bertz CT molecular complexity index is 1130. The van der Waals surface area contributed by atoms with Crippen LogP contribution in [0.4, 0.5) is 10.7 Å². The number of thiophene rings is 1. The van der Waals surface area contributed by atoms with Crippen LogP contribution in [0.5, 0.6) is 5.75 Å². The molecule has 0 unspecified atom stereocenters. The molecular formula is C26H28N2O3S. The van der Waals surface area contributed by atoms with Gasteiger partial charge in [-0.15, -0.1) is 11.3 Å². The van der Waals surface area contributed by atoms with Crippen LogP contribution in [0, 0.1) is 12.8 Å². The number of nitrogens with one attached hydrogen (secondary N) is 2. The molecule has 1 atom stereocenters. The Morgan fingerprint density at radius 3 is 2.56 bits per heavy atom. The van der Waals surface area contributed by atoms with Crippen LogP contribution >= 0.6 is 11.3 Å². The summed E-state index contributed by atoms with van der Waals surface area (Å²) in [5.41, 5.74) is 3.92. The zero-order valence-electron chi connectivity index (χ0n) is 18.7. The SMILES string of the molecule is CCOc1ccccc1NC(=O)c1c(NC(=O)c2ccc(C)cc2)sc2c1CC[C@H](C)C2. The van der Waals surface area contributed by atoms with Gasteiger partial charge in [0.25, 0.3) is 11.8 Å². The van der Waals surface area contributed by atoms with Gasteiger partial charge in [-0.3, -0.25) is 9.59 Å². The minimum atomic E-state index is -0.219. The number of benzene rings is 2. The third-order valence-electron chi connectivity index (χ3n) is 5.71. The molecule has 0 saturated heterocycles. The molecule has 1 aliphatic rings. The Hall–Kier alpha value is -3.12. The number of hydrogen-bond donors (Lipinski definition) is 2. The number of para-hydroxylation sites is 2. The van der Waals surface area contributed by atoms with Crippen molar-refractivity contribution in [3.8, 4) is 5.75 Å². The van der Waals surface area contributed by atoms with E-state index in [0.29, 0.717) is 40.1 Å². The summed E-state index contributed by atoms with van der Waals surface area (Å²) < 4.78 is 5.66. The van der Waals surface area contributed by atoms with Gasteiger partial charge in [0.1, 0.15) is 10.8 Å². The first kappa shape index (κ1) is 22.1. The van der Waals surface area contributed by atoms with Gasteiger partial charge in [-0.05, 0) is 68.9 Å². The molecule has 5 nitrogen and oxygen atoms in total. The molecule has 4 rings (SSSR count). The minimum absolute atomic E-state index is 0.208. The highest BCUT2D eigenvalue weighted by atomic mass is 32.1. The first-order valence-electron chi connectivity index (χ1n) is 11.0. The van der Waals surface area contributed by atoms with Crippen molar-refractivity contribution in [2.75, 3.05) is 17.2 Å². The zero-order valence-corrected chi connectivity index (χ0v) is 19.5. The van der Waals surface area contributed by atoms with Gasteiger partial charge < -0.3 is 15.4 Å². The predicted octanol–water partition coefficient (Wildman–Crippen LogP) is 6.08. The molecule has 0 spiro atoms. The van der Waals surface area contributed by atoms with Gasteiger partial charge >= 0.3 is 0 Å². The molecule has 166 valence electrons. The second-order valence-corrected chi connectivity index (χ2v) is 9.36. The molecule has 0 fully saturated rings. The molecule has 1 heterocycles. The zero-order chi connectivity index (χ0) is 22.7. The van der Waals surface area contributed by atoms with Crippen LogP contribution in [0.25, 0.3) is 0 Å². The normalized spacial score (nSPS) is 15.0. The van der Waals surface area contributed by atoms with Crippen LogP contribution in [0.3, 0.4) is 0 Å². The van der Waals surface area contributed by atoms with Crippen LogP contribution in [0.2, 0.25) is 0 Å². The number of aryl methyl sites for hydroxylation is 1. The van der Waals surface area contributed by atoms with Gasteiger partial charge in [0.05, 0.1) is 17.9 Å². The molecular weight excluding hydrogens is 420 g/mol. The maximum absolute atomic E-state index is 13.5. The monoisotopic (exact) mass is 448 g/mol. The van der Waals surface area contributed by atoms with Crippen molar-refractivity contribution >= 4 is 33.8 Å². The number of anilines is 2. The van der Waals surface area contributed by atoms with E-state index < -0.39 is 0 Å². The quantitative estimate of drug-likeness (QED) is 0.480. The maximum Gasteiger partial charge on any atom is 0.259 e. The summed E-state index contributed by atoms with van der Waals surface area (Å²) in [6.45, 7) is 6.63. The summed E-state index contributed by atoms with van der Waals surface area (Å²) in [5, 5.41) is 6.64. The third-order valence-corrected chi connectivity index (χ3v) is 6.88. The molecule has 1 aromatic heterocycles. The van der Waals surface area contributed by atoms with Crippen LogP contribution in [-0.4, -0.2) is 18.4 Å². The summed E-state index contributed by atoms with van der Waals surface area (Å²) >= 11 is 1.52. The lowest BCUT2D eigenvalue weighted by atomic mass is 9.88. The first-order chi connectivity index (χ1) is 15.5. The van der Waals surface area contributed by atoms with Crippen molar-refractivity contribution in [2.45, 2.75) is 40.0 Å². The lowest BCUT2D eigenvalue weighted by Gasteiger charge is -2.19. The number of amides is 2. The molecule has 32 heavy (non-hydrogen) atoms. The van der Waals surface area contributed by atoms with Crippen molar-refractivity contribution < 1.29 is 14.3 Å². The van der Waals surface area contributed by atoms with Crippen molar-refractivity contribution in [3.63, 3.8) is 0 Å². The smallest absolute Gasteiger partial charge is 0.259 e. The third kappa shape index (κ3) is 4.70. The van der Waals surface area contributed by atoms with Crippen LogP contribution in [0.1, 0.15) is 57.0 Å². The van der Waals surface area contributed by atoms with Gasteiger partial charge in [0, 0.05) is 10.4 Å². The number of ether oxygens (including phenoxy) is 1. The number of carbonyl (C=O) groups is 2. The Balaban J connectivity index is 1.66. The van der Waals surface area contributed by atoms with Gasteiger partial charge in [0.15, 0.2) is 0 Å². The average molecular weight is 449 g/mol. The Labute approximate surface area is 192 Å². The van der Waals surface area contributed by atoms with Crippen molar-refractivity contribution in [1.82, 2.24) is 0 Å². The van der Waals surface area contributed by atoms with Crippen molar-refractivity contribution in [2.24, 2.45) is 5.92 Å². The summed E-state index contributed by atoms with van der Waals surface area (Å²) in [4.78, 5) is 27.6. The second-order valence-electron chi connectivity index (χ2n) is 8.26. The average Bonchev–Trinajstić information content (AvgIpc) is 3.12. The summed E-state index contributed by atoms with van der Waals surface area (Å²) in [6.07, 6.45) is 2.80. The Kier molecular flexibility index (Phi) is 6.61. The lowest BCUT2D eigenvalue weighted by molar-refractivity contribution is 0.102. The van der Waals surface area contributed by atoms with Gasteiger partial charge in [0.2, 0.25) is 0 Å². The molecule has 2 N–H and O–H groups in total. The van der Waals surface area contributed by atoms with E-state index in [1.807, 2.05) is 50.2 Å². The van der Waals surface area contributed by atoms with E-state index in [2.05, 4.69) is 17.6 Å². The molecule has 0 aliphatic heterocycles.